The zero-order valence-electron chi connectivity index (χ0n) is 15.8. The monoisotopic (exact) mass is 417 g/mol. The van der Waals surface area contributed by atoms with Crippen LogP contribution >= 0.6 is 23.4 Å². The fourth-order valence-electron chi connectivity index (χ4n) is 3.29. The first kappa shape index (κ1) is 20.7. The van der Waals surface area contributed by atoms with Crippen molar-refractivity contribution >= 4 is 35.2 Å². The van der Waals surface area contributed by atoms with Gasteiger partial charge in [-0.25, -0.2) is 0 Å². The Kier molecular flexibility index (Phi) is 7.40. The van der Waals surface area contributed by atoms with Crippen molar-refractivity contribution in [2.24, 2.45) is 0 Å². The van der Waals surface area contributed by atoms with E-state index in [-0.39, 0.29) is 24.3 Å². The van der Waals surface area contributed by atoms with E-state index in [2.05, 4.69) is 17.4 Å². The van der Waals surface area contributed by atoms with Gasteiger partial charge in [0.15, 0.2) is 6.10 Å². The average molecular weight is 418 g/mol. The Hall–Kier alpha value is -1.98. The lowest BCUT2D eigenvalue weighted by Crippen LogP contribution is -2.39. The molecule has 0 aliphatic heterocycles. The number of carbonyl (C=O) groups excluding carboxylic acids is 2. The number of amides is 1. The van der Waals surface area contributed by atoms with Crippen LogP contribution in [0.1, 0.15) is 43.4 Å². The Morgan fingerprint density at radius 3 is 2.75 bits per heavy atom. The number of halogens is 1. The third kappa shape index (κ3) is 5.76. The minimum absolute atomic E-state index is 0.0148. The molecule has 1 aliphatic carbocycles. The SMILES string of the molecule is CC(OC(=O)CCSc1ccc(Cl)cc1)C(=O)NC1CCCc2ccccc21. The summed E-state index contributed by atoms with van der Waals surface area (Å²) in [7, 11) is 0. The largest absolute Gasteiger partial charge is 0.453 e. The maximum atomic E-state index is 12.5. The topological polar surface area (TPSA) is 55.4 Å². The second kappa shape index (κ2) is 9.99. The Balaban J connectivity index is 1.44. The molecule has 28 heavy (non-hydrogen) atoms. The van der Waals surface area contributed by atoms with Crippen molar-refractivity contribution in [1.29, 1.82) is 0 Å². The van der Waals surface area contributed by atoms with Crippen molar-refractivity contribution in [3.8, 4) is 0 Å². The average Bonchev–Trinajstić information content (AvgIpc) is 2.69. The maximum Gasteiger partial charge on any atom is 0.307 e. The number of thioether (sulfide) groups is 1. The van der Waals surface area contributed by atoms with Crippen LogP contribution in [0.15, 0.2) is 53.4 Å². The number of hydrogen-bond donors (Lipinski definition) is 1. The first-order valence-corrected chi connectivity index (χ1v) is 10.9. The molecule has 0 heterocycles. The number of nitrogens with one attached hydrogen (secondary N) is 1. The van der Waals surface area contributed by atoms with E-state index >= 15 is 0 Å². The Labute approximate surface area is 175 Å². The minimum Gasteiger partial charge on any atom is -0.453 e. The molecule has 3 rings (SSSR count). The van der Waals surface area contributed by atoms with Crippen LogP contribution in [0.3, 0.4) is 0 Å². The lowest BCUT2D eigenvalue weighted by Gasteiger charge is -2.27. The van der Waals surface area contributed by atoms with E-state index in [1.807, 2.05) is 36.4 Å². The molecule has 2 atom stereocenters. The molecule has 148 valence electrons. The number of esters is 1. The minimum atomic E-state index is -0.804. The second-order valence-corrected chi connectivity index (χ2v) is 8.44. The van der Waals surface area contributed by atoms with Crippen LogP contribution in [-0.2, 0) is 20.7 Å². The molecule has 1 N–H and O–H groups in total. The van der Waals surface area contributed by atoms with Crippen LogP contribution in [0.5, 0.6) is 0 Å². The van der Waals surface area contributed by atoms with E-state index in [4.69, 9.17) is 16.3 Å². The molecule has 1 aliphatic rings. The van der Waals surface area contributed by atoms with Gasteiger partial charge in [-0.05, 0) is 61.6 Å². The van der Waals surface area contributed by atoms with Gasteiger partial charge < -0.3 is 10.1 Å². The first-order valence-electron chi connectivity index (χ1n) is 9.49. The van der Waals surface area contributed by atoms with Gasteiger partial charge in [0.25, 0.3) is 5.91 Å². The van der Waals surface area contributed by atoms with E-state index < -0.39 is 6.10 Å². The van der Waals surface area contributed by atoms with E-state index in [0.29, 0.717) is 10.8 Å². The van der Waals surface area contributed by atoms with Crippen molar-refractivity contribution in [2.45, 2.75) is 49.6 Å². The molecule has 0 aromatic heterocycles. The summed E-state index contributed by atoms with van der Waals surface area (Å²) in [5.74, 6) is -0.0290. The number of hydrogen-bond acceptors (Lipinski definition) is 4. The predicted molar refractivity (Wildman–Crippen MR) is 113 cm³/mol. The van der Waals surface area contributed by atoms with E-state index in [1.54, 1.807) is 18.7 Å². The molecule has 0 fully saturated rings. The number of rotatable bonds is 7. The number of aryl methyl sites for hydroxylation is 1. The molecule has 2 aromatic carbocycles. The van der Waals surface area contributed by atoms with Crippen molar-refractivity contribution in [3.63, 3.8) is 0 Å². The first-order chi connectivity index (χ1) is 13.5. The molecule has 4 nitrogen and oxygen atoms in total. The summed E-state index contributed by atoms with van der Waals surface area (Å²) in [4.78, 5) is 25.6. The zero-order valence-corrected chi connectivity index (χ0v) is 17.4. The quantitative estimate of drug-likeness (QED) is 0.511. The van der Waals surface area contributed by atoms with E-state index in [0.717, 1.165) is 24.2 Å². The van der Waals surface area contributed by atoms with Gasteiger partial charge in [0.2, 0.25) is 0 Å². The Morgan fingerprint density at radius 2 is 1.96 bits per heavy atom. The zero-order chi connectivity index (χ0) is 19.9. The van der Waals surface area contributed by atoms with Crippen LogP contribution in [0.25, 0.3) is 0 Å². The van der Waals surface area contributed by atoms with Crippen LogP contribution in [0.2, 0.25) is 5.02 Å². The van der Waals surface area contributed by atoms with Crippen LogP contribution < -0.4 is 5.32 Å². The van der Waals surface area contributed by atoms with Gasteiger partial charge in [-0.3, -0.25) is 9.59 Å². The molecule has 1 amide bonds. The van der Waals surface area contributed by atoms with Gasteiger partial charge >= 0.3 is 5.97 Å². The molecular formula is C22H24ClNO3S. The van der Waals surface area contributed by atoms with Crippen molar-refractivity contribution in [2.75, 3.05) is 5.75 Å². The number of ether oxygens (including phenoxy) is 1. The summed E-state index contributed by atoms with van der Waals surface area (Å²) < 4.78 is 5.31. The summed E-state index contributed by atoms with van der Waals surface area (Å²) in [5, 5.41) is 3.72. The molecule has 2 aromatic rings. The molecule has 0 saturated heterocycles. The van der Waals surface area contributed by atoms with Crippen LogP contribution in [0, 0.1) is 0 Å². The molecule has 0 saturated carbocycles. The van der Waals surface area contributed by atoms with Gasteiger partial charge in [0.05, 0.1) is 12.5 Å². The van der Waals surface area contributed by atoms with Gasteiger partial charge in [-0.15, -0.1) is 11.8 Å². The molecule has 0 spiro atoms. The van der Waals surface area contributed by atoms with Crippen LogP contribution in [0.4, 0.5) is 0 Å². The summed E-state index contributed by atoms with van der Waals surface area (Å²) in [6, 6.07) is 15.6. The highest BCUT2D eigenvalue weighted by Crippen LogP contribution is 2.29. The normalized spacial score (nSPS) is 16.7. The van der Waals surface area contributed by atoms with Gasteiger partial charge in [0.1, 0.15) is 0 Å². The van der Waals surface area contributed by atoms with Crippen molar-refractivity contribution in [3.05, 3.63) is 64.7 Å². The summed E-state index contributed by atoms with van der Waals surface area (Å²) in [6.45, 7) is 1.62. The number of fused-ring (bicyclic) bond motifs is 1. The summed E-state index contributed by atoms with van der Waals surface area (Å²) in [6.07, 6.45) is 2.43. The molecular weight excluding hydrogens is 394 g/mol. The fraction of sp³-hybridized carbons (Fsp3) is 0.364. The number of benzene rings is 2. The van der Waals surface area contributed by atoms with E-state index in [1.165, 1.54) is 11.1 Å². The lowest BCUT2D eigenvalue weighted by molar-refractivity contribution is -0.154. The molecule has 0 bridgehead atoms. The highest BCUT2D eigenvalue weighted by Gasteiger charge is 2.25. The molecule has 6 heteroatoms. The molecule has 2 unspecified atom stereocenters. The van der Waals surface area contributed by atoms with Gasteiger partial charge in [-0.2, -0.15) is 0 Å². The fourth-order valence-corrected chi connectivity index (χ4v) is 4.24. The summed E-state index contributed by atoms with van der Waals surface area (Å²) >= 11 is 7.41. The van der Waals surface area contributed by atoms with Gasteiger partial charge in [-0.1, -0.05) is 35.9 Å². The second-order valence-electron chi connectivity index (χ2n) is 6.84. The lowest BCUT2D eigenvalue weighted by atomic mass is 9.87. The number of carbonyl (C=O) groups is 2. The van der Waals surface area contributed by atoms with Crippen LogP contribution in [-0.4, -0.2) is 23.7 Å². The maximum absolute atomic E-state index is 12.5. The third-order valence-electron chi connectivity index (χ3n) is 4.75. The third-order valence-corrected chi connectivity index (χ3v) is 6.02. The van der Waals surface area contributed by atoms with E-state index in [9.17, 15) is 9.59 Å². The van der Waals surface area contributed by atoms with Crippen molar-refractivity contribution < 1.29 is 14.3 Å². The van der Waals surface area contributed by atoms with Gasteiger partial charge in [0, 0.05) is 15.7 Å². The predicted octanol–water partition coefficient (Wildman–Crippen LogP) is 4.95. The Bertz CT molecular complexity index is 825. The molecule has 0 radical (unpaired) electrons. The smallest absolute Gasteiger partial charge is 0.307 e. The standard InChI is InChI=1S/C22H24ClNO3S/c1-15(27-21(25)13-14-28-18-11-9-17(23)10-12-18)22(26)24-20-8-4-6-16-5-2-3-7-19(16)20/h2-3,5,7,9-12,15,20H,4,6,8,13-14H2,1H3,(H,24,26). The van der Waals surface area contributed by atoms with Crippen molar-refractivity contribution in [1.82, 2.24) is 5.32 Å². The Morgan fingerprint density at radius 1 is 1.21 bits per heavy atom. The highest BCUT2D eigenvalue weighted by molar-refractivity contribution is 7.99. The highest BCUT2D eigenvalue weighted by atomic mass is 35.5. The summed E-state index contributed by atoms with van der Waals surface area (Å²) in [5.41, 5.74) is 2.45.